The first-order chi connectivity index (χ1) is 6.81. The van der Waals surface area contributed by atoms with Crippen molar-refractivity contribution >= 4 is 27.6 Å². The summed E-state index contributed by atoms with van der Waals surface area (Å²) in [7, 11) is 3.40. The molecule has 0 saturated heterocycles. The van der Waals surface area contributed by atoms with Crippen LogP contribution in [0.25, 0.3) is 0 Å². The maximum absolute atomic E-state index is 11.1. The number of esters is 1. The van der Waals surface area contributed by atoms with E-state index in [1.165, 1.54) is 0 Å². The topological polar surface area (TPSA) is 26.3 Å². The maximum atomic E-state index is 11.1. The Kier molecular flexibility index (Phi) is 10.9. The van der Waals surface area contributed by atoms with E-state index >= 15 is 0 Å². The van der Waals surface area contributed by atoms with Gasteiger partial charge in [-0.05, 0) is 26.0 Å². The molecule has 0 spiro atoms. The van der Waals surface area contributed by atoms with Gasteiger partial charge in [-0.25, -0.2) is 0 Å². The molecule has 0 bridgehead atoms. The molecule has 0 aromatic carbocycles. The number of hydrogen-bond acceptors (Lipinski definition) is 4. The number of hydrogen-bond donors (Lipinski definition) is 0. The van der Waals surface area contributed by atoms with E-state index < -0.39 is 0 Å². The van der Waals surface area contributed by atoms with Crippen molar-refractivity contribution in [1.29, 1.82) is 0 Å². The van der Waals surface area contributed by atoms with Crippen molar-refractivity contribution in [3.63, 3.8) is 0 Å². The van der Waals surface area contributed by atoms with Gasteiger partial charge in [-0.15, -0.1) is 0 Å². The third-order valence-corrected chi connectivity index (χ3v) is 3.31. The van der Waals surface area contributed by atoms with Gasteiger partial charge in [0.05, 0.1) is 0 Å². The maximum Gasteiger partial charge on any atom is 0.305 e. The monoisotopic (exact) mass is 234 g/mol. The smallest absolute Gasteiger partial charge is 0.305 e. The summed E-state index contributed by atoms with van der Waals surface area (Å²) < 4.78 is 5.03. The van der Waals surface area contributed by atoms with Crippen molar-refractivity contribution in [1.82, 2.24) is 0 Å². The summed E-state index contributed by atoms with van der Waals surface area (Å²) in [6.07, 6.45) is 8.47. The summed E-state index contributed by atoms with van der Waals surface area (Å²) in [6.45, 7) is 2.52. The van der Waals surface area contributed by atoms with Gasteiger partial charge in [0.2, 0.25) is 0 Å². The minimum atomic E-state index is -0.0730. The zero-order valence-corrected chi connectivity index (χ0v) is 10.5. The van der Waals surface area contributed by atoms with E-state index in [1.54, 1.807) is 21.6 Å². The first-order valence-corrected chi connectivity index (χ1v) is 7.46. The van der Waals surface area contributed by atoms with Crippen LogP contribution >= 0.6 is 21.6 Å². The fraction of sp³-hybridized carbons (Fsp3) is 0.700. The number of carbonyl (C=O) groups excluding carboxylic acids is 1. The predicted molar refractivity (Wildman–Crippen MR) is 65.6 cm³/mol. The van der Waals surface area contributed by atoms with Crippen LogP contribution in [0.1, 0.15) is 26.2 Å². The van der Waals surface area contributed by atoms with Gasteiger partial charge in [0.15, 0.2) is 0 Å². The highest BCUT2D eigenvalue weighted by Gasteiger charge is 2.00. The summed E-state index contributed by atoms with van der Waals surface area (Å²) in [5, 5.41) is 0. The van der Waals surface area contributed by atoms with E-state index in [0.29, 0.717) is 13.0 Å². The standard InChI is InChI=1S/C10H18O2S2/c1-3-4-5-6-7-10(11)12-8-9-14-13-2/h3-4H,5-9H2,1-2H3/b4-3-. The van der Waals surface area contributed by atoms with Crippen molar-refractivity contribution in [2.75, 3.05) is 18.6 Å². The van der Waals surface area contributed by atoms with Gasteiger partial charge < -0.3 is 4.74 Å². The Labute approximate surface area is 94.3 Å². The highest BCUT2D eigenvalue weighted by Crippen LogP contribution is 2.15. The molecule has 82 valence electrons. The van der Waals surface area contributed by atoms with Crippen LogP contribution in [0.15, 0.2) is 12.2 Å². The Bertz CT molecular complexity index is 170. The molecule has 0 aromatic rings. The average Bonchev–Trinajstić information content (AvgIpc) is 2.19. The fourth-order valence-corrected chi connectivity index (χ4v) is 1.90. The second kappa shape index (κ2) is 11.0. The Hall–Kier alpha value is -0.0900. The summed E-state index contributed by atoms with van der Waals surface area (Å²) in [4.78, 5) is 11.1. The Balaban J connectivity index is 3.19. The van der Waals surface area contributed by atoms with E-state index in [9.17, 15) is 4.79 Å². The molecule has 0 radical (unpaired) electrons. The second-order valence-corrected chi connectivity index (χ2v) is 5.35. The summed E-state index contributed by atoms with van der Waals surface area (Å²) in [5.74, 6) is 0.804. The number of ether oxygens (including phenoxy) is 1. The quantitative estimate of drug-likeness (QED) is 0.279. The van der Waals surface area contributed by atoms with Crippen molar-refractivity contribution in [2.24, 2.45) is 0 Å². The third-order valence-electron chi connectivity index (χ3n) is 1.53. The van der Waals surface area contributed by atoms with E-state index in [0.717, 1.165) is 18.6 Å². The molecule has 0 unspecified atom stereocenters. The van der Waals surface area contributed by atoms with Crippen LogP contribution in [0.3, 0.4) is 0 Å². The van der Waals surface area contributed by atoms with Crippen LogP contribution in [0, 0.1) is 0 Å². The summed E-state index contributed by atoms with van der Waals surface area (Å²) in [6, 6.07) is 0. The Morgan fingerprint density at radius 1 is 1.50 bits per heavy atom. The fourth-order valence-electron chi connectivity index (χ4n) is 0.876. The molecule has 0 saturated carbocycles. The molecule has 2 nitrogen and oxygen atoms in total. The van der Waals surface area contributed by atoms with Crippen LogP contribution in [-0.2, 0) is 9.53 Å². The van der Waals surface area contributed by atoms with Crippen molar-refractivity contribution in [2.45, 2.75) is 26.2 Å². The highest BCUT2D eigenvalue weighted by atomic mass is 33.1. The number of allylic oxidation sites excluding steroid dienone is 2. The van der Waals surface area contributed by atoms with Crippen LogP contribution in [0.2, 0.25) is 0 Å². The minimum absolute atomic E-state index is 0.0730. The molecule has 0 rings (SSSR count). The van der Waals surface area contributed by atoms with Crippen LogP contribution < -0.4 is 0 Å². The van der Waals surface area contributed by atoms with E-state index in [2.05, 4.69) is 6.08 Å². The molecule has 0 fully saturated rings. The molecule has 4 heteroatoms. The predicted octanol–water partition coefficient (Wildman–Crippen LogP) is 3.29. The van der Waals surface area contributed by atoms with Crippen molar-refractivity contribution in [3.05, 3.63) is 12.2 Å². The SMILES string of the molecule is C/C=C\CCCC(=O)OCCSSC. The minimum Gasteiger partial charge on any atom is -0.465 e. The largest absolute Gasteiger partial charge is 0.465 e. The Morgan fingerprint density at radius 3 is 2.93 bits per heavy atom. The lowest BCUT2D eigenvalue weighted by molar-refractivity contribution is -0.143. The van der Waals surface area contributed by atoms with Crippen LogP contribution in [0.4, 0.5) is 0 Å². The van der Waals surface area contributed by atoms with Gasteiger partial charge in [-0.3, -0.25) is 4.79 Å². The first kappa shape index (κ1) is 13.9. The third kappa shape index (κ3) is 9.99. The average molecular weight is 234 g/mol. The normalized spacial score (nSPS) is 10.7. The van der Waals surface area contributed by atoms with E-state index in [-0.39, 0.29) is 5.97 Å². The second-order valence-electron chi connectivity index (χ2n) is 2.67. The summed E-state index contributed by atoms with van der Waals surface area (Å²) >= 11 is 0. The van der Waals surface area contributed by atoms with Crippen molar-refractivity contribution < 1.29 is 9.53 Å². The molecule has 0 aliphatic rings. The van der Waals surface area contributed by atoms with Crippen LogP contribution in [-0.4, -0.2) is 24.6 Å². The Morgan fingerprint density at radius 2 is 2.29 bits per heavy atom. The van der Waals surface area contributed by atoms with Gasteiger partial charge in [-0.1, -0.05) is 33.7 Å². The molecule has 0 heterocycles. The van der Waals surface area contributed by atoms with Crippen molar-refractivity contribution in [3.8, 4) is 0 Å². The molecule has 0 aliphatic heterocycles. The molecular weight excluding hydrogens is 216 g/mol. The molecule has 0 atom stereocenters. The first-order valence-electron chi connectivity index (χ1n) is 4.73. The number of unbranched alkanes of at least 4 members (excludes halogenated alkanes) is 1. The molecule has 0 N–H and O–H groups in total. The molecular formula is C10H18O2S2. The molecule has 0 aromatic heterocycles. The summed E-state index contributed by atoms with van der Waals surface area (Å²) in [5.41, 5.74) is 0. The van der Waals surface area contributed by atoms with Gasteiger partial charge in [0, 0.05) is 12.2 Å². The zero-order valence-electron chi connectivity index (χ0n) is 8.82. The zero-order chi connectivity index (χ0) is 10.6. The van der Waals surface area contributed by atoms with Crippen LogP contribution in [0.5, 0.6) is 0 Å². The molecule has 14 heavy (non-hydrogen) atoms. The van der Waals surface area contributed by atoms with E-state index in [4.69, 9.17) is 4.74 Å². The lowest BCUT2D eigenvalue weighted by atomic mass is 10.2. The molecule has 0 aliphatic carbocycles. The molecule has 0 amide bonds. The van der Waals surface area contributed by atoms with Gasteiger partial charge in [0.1, 0.15) is 6.61 Å². The van der Waals surface area contributed by atoms with Gasteiger partial charge in [0.25, 0.3) is 0 Å². The number of rotatable bonds is 8. The highest BCUT2D eigenvalue weighted by molar-refractivity contribution is 8.76. The van der Waals surface area contributed by atoms with Gasteiger partial charge >= 0.3 is 5.97 Å². The van der Waals surface area contributed by atoms with Gasteiger partial charge in [-0.2, -0.15) is 0 Å². The lowest BCUT2D eigenvalue weighted by Crippen LogP contribution is -2.06. The van der Waals surface area contributed by atoms with E-state index in [1.807, 2.05) is 19.3 Å². The number of carbonyl (C=O) groups is 1. The lowest BCUT2D eigenvalue weighted by Gasteiger charge is -2.02.